The number of amides is 1. The summed E-state index contributed by atoms with van der Waals surface area (Å²) in [5.41, 5.74) is 1.05. The Balaban J connectivity index is 2.05. The fourth-order valence-corrected chi connectivity index (χ4v) is 5.83. The normalized spacial score (nSPS) is 32.1. The molecule has 0 fully saturated rings. The number of rotatable bonds is 4. The monoisotopic (exact) mass is 488 g/mol. The van der Waals surface area contributed by atoms with Crippen molar-refractivity contribution in [1.82, 2.24) is 4.90 Å². The number of nitrogens with zero attached hydrogens (tertiary/aromatic N) is 1. The first-order chi connectivity index (χ1) is 16.3. The molecule has 0 saturated carbocycles. The van der Waals surface area contributed by atoms with Crippen molar-refractivity contribution in [3.05, 3.63) is 51.5 Å². The number of carboxylic acid groups (broad SMARTS) is 1. The summed E-state index contributed by atoms with van der Waals surface area (Å²) >= 11 is 0. The van der Waals surface area contributed by atoms with E-state index in [1.807, 2.05) is 0 Å². The van der Waals surface area contributed by atoms with Crippen LogP contribution in [-0.4, -0.2) is 91.3 Å². The molecule has 8 N–H and O–H groups in total. The highest BCUT2D eigenvalue weighted by atomic mass is 16.4. The second-order valence-corrected chi connectivity index (χ2v) is 9.22. The van der Waals surface area contributed by atoms with Crippen LogP contribution in [-0.2, 0) is 20.8 Å². The van der Waals surface area contributed by atoms with Gasteiger partial charge in [-0.1, -0.05) is 6.07 Å². The van der Waals surface area contributed by atoms with Crippen LogP contribution in [0.1, 0.15) is 27.4 Å². The minimum absolute atomic E-state index is 0.0244. The zero-order chi connectivity index (χ0) is 26.1. The number of hydrogen-bond acceptors (Lipinski definition) is 10. The summed E-state index contributed by atoms with van der Waals surface area (Å²) in [5, 5.41) is 65.1. The minimum atomic E-state index is -2.83. The maximum atomic E-state index is 13.1. The average molecular weight is 488 g/mol. The van der Waals surface area contributed by atoms with Crippen LogP contribution in [0, 0.1) is 11.8 Å². The lowest BCUT2D eigenvalue weighted by atomic mass is 9.55. The van der Waals surface area contributed by atoms with Gasteiger partial charge in [-0.25, -0.2) is 4.79 Å². The lowest BCUT2D eigenvalue weighted by molar-refractivity contribution is -0.153. The fourth-order valence-electron chi connectivity index (χ4n) is 5.83. The maximum Gasteiger partial charge on any atom is 0.339 e. The fraction of sp³-hybridized carbons (Fsp3) is 0.391. The third kappa shape index (κ3) is 3.03. The average Bonchev–Trinajstić information content (AvgIpc) is 2.77. The Kier molecular flexibility index (Phi) is 5.51. The number of nitrogens with two attached hydrogens (primary N) is 1. The molecule has 3 aliphatic carbocycles. The molecule has 1 aromatic carbocycles. The molecule has 0 saturated heterocycles. The molecular formula is C23H24N2O10. The SMILES string of the molecule is CN(C)[C@@H]1C(=O)C(C(N)=O)=C(O)[C@@]2(O)C(O)=C3Cc4c(ccc(C(=O)O)c4O)C(C=O)C3C(O)C12. The van der Waals surface area contributed by atoms with Crippen LogP contribution in [0.5, 0.6) is 5.75 Å². The van der Waals surface area contributed by atoms with Gasteiger partial charge in [-0.3, -0.25) is 14.5 Å². The van der Waals surface area contributed by atoms with E-state index in [0.29, 0.717) is 6.29 Å². The molecule has 4 unspecified atom stereocenters. The van der Waals surface area contributed by atoms with Gasteiger partial charge < -0.3 is 41.2 Å². The first-order valence-electron chi connectivity index (χ1n) is 10.6. The molecule has 0 aromatic heterocycles. The van der Waals surface area contributed by atoms with Crippen LogP contribution < -0.4 is 5.73 Å². The number of likely N-dealkylation sites (N-methyl/N-ethyl adjacent to an activating group) is 1. The first-order valence-corrected chi connectivity index (χ1v) is 10.6. The number of ketones is 1. The van der Waals surface area contributed by atoms with Crippen molar-refractivity contribution >= 4 is 23.9 Å². The molecule has 12 nitrogen and oxygen atoms in total. The summed E-state index contributed by atoms with van der Waals surface area (Å²) in [4.78, 5) is 50.1. The number of aliphatic hydroxyl groups is 4. The zero-order valence-electron chi connectivity index (χ0n) is 18.7. The predicted molar refractivity (Wildman–Crippen MR) is 116 cm³/mol. The number of phenols is 1. The standard InChI is InChI=1S/C23H24N2O10/c1-25(2)15-14-17(28)12-10(19(30)23(14,35)20(31)13(18(15)29)21(24)32)5-9-7(11(12)6-26)3-4-8(16(9)27)22(33)34/h3-4,6,11-12,14-15,17,27-28,30-31,35H,5H2,1-2H3,(H2,24,32)(H,33,34)/t11?,12?,14?,15-,17?,23-/m0/s1. The Morgan fingerprint density at radius 3 is 2.31 bits per heavy atom. The number of carbonyl (C=O) groups is 4. The molecule has 0 heterocycles. The highest BCUT2D eigenvalue weighted by Crippen LogP contribution is 2.56. The van der Waals surface area contributed by atoms with Crippen molar-refractivity contribution in [2.24, 2.45) is 17.6 Å². The Hall–Kier alpha value is -3.74. The summed E-state index contributed by atoms with van der Waals surface area (Å²) in [6, 6.07) is 0.999. The van der Waals surface area contributed by atoms with Crippen molar-refractivity contribution in [3.63, 3.8) is 0 Å². The van der Waals surface area contributed by atoms with Crippen LogP contribution in [0.15, 0.2) is 34.8 Å². The van der Waals surface area contributed by atoms with E-state index in [1.165, 1.54) is 25.1 Å². The molecular weight excluding hydrogens is 464 g/mol. The lowest BCUT2D eigenvalue weighted by Crippen LogP contribution is -2.67. The van der Waals surface area contributed by atoms with E-state index >= 15 is 0 Å². The zero-order valence-corrected chi connectivity index (χ0v) is 18.7. The number of fused-ring (bicyclic) bond motifs is 3. The van der Waals surface area contributed by atoms with Crippen molar-refractivity contribution in [2.75, 3.05) is 14.1 Å². The van der Waals surface area contributed by atoms with E-state index in [4.69, 9.17) is 5.73 Å². The van der Waals surface area contributed by atoms with E-state index in [2.05, 4.69) is 0 Å². The quantitative estimate of drug-likeness (QED) is 0.199. The number of primary amides is 1. The number of carbonyl (C=O) groups excluding carboxylic acids is 3. The van der Waals surface area contributed by atoms with Gasteiger partial charge in [-0.15, -0.1) is 0 Å². The predicted octanol–water partition coefficient (Wildman–Crippen LogP) is -1.11. The summed E-state index contributed by atoms with van der Waals surface area (Å²) < 4.78 is 0. The molecule has 0 spiro atoms. The molecule has 0 aliphatic heterocycles. The third-order valence-electron chi connectivity index (χ3n) is 7.35. The molecule has 6 atom stereocenters. The van der Waals surface area contributed by atoms with Gasteiger partial charge in [0.2, 0.25) is 0 Å². The van der Waals surface area contributed by atoms with Gasteiger partial charge >= 0.3 is 5.97 Å². The van der Waals surface area contributed by atoms with Crippen molar-refractivity contribution < 1.29 is 49.8 Å². The summed E-state index contributed by atoms with van der Waals surface area (Å²) in [7, 11) is 2.84. The van der Waals surface area contributed by atoms with Crippen molar-refractivity contribution in [1.29, 1.82) is 0 Å². The summed E-state index contributed by atoms with van der Waals surface area (Å²) in [6.07, 6.45) is -1.65. The molecule has 0 radical (unpaired) electrons. The molecule has 0 bridgehead atoms. The number of aldehydes is 1. The van der Waals surface area contributed by atoms with E-state index in [-0.39, 0.29) is 16.7 Å². The van der Waals surface area contributed by atoms with Crippen molar-refractivity contribution in [3.8, 4) is 5.75 Å². The summed E-state index contributed by atoms with van der Waals surface area (Å²) in [6.45, 7) is 0. The molecule has 3 aliphatic rings. The Morgan fingerprint density at radius 2 is 1.80 bits per heavy atom. The minimum Gasteiger partial charge on any atom is -0.509 e. The Bertz CT molecular complexity index is 1250. The second kappa shape index (κ2) is 7.90. The van der Waals surface area contributed by atoms with Crippen LogP contribution in [0.4, 0.5) is 0 Å². The van der Waals surface area contributed by atoms with Gasteiger partial charge in [0.25, 0.3) is 5.91 Å². The van der Waals surface area contributed by atoms with Crippen LogP contribution >= 0.6 is 0 Å². The lowest BCUT2D eigenvalue weighted by Gasteiger charge is -2.54. The van der Waals surface area contributed by atoms with Gasteiger partial charge in [0.05, 0.1) is 18.1 Å². The Labute approximate surface area is 198 Å². The number of Topliss-reactive ketones (excluding diaryl/α,β-unsaturated/α-hetero) is 1. The van der Waals surface area contributed by atoms with Gasteiger partial charge in [-0.2, -0.15) is 0 Å². The Morgan fingerprint density at radius 1 is 1.17 bits per heavy atom. The molecule has 12 heteroatoms. The van der Waals surface area contributed by atoms with Crippen LogP contribution in [0.25, 0.3) is 0 Å². The molecule has 1 amide bonds. The third-order valence-corrected chi connectivity index (χ3v) is 7.35. The van der Waals surface area contributed by atoms with Crippen molar-refractivity contribution in [2.45, 2.75) is 30.1 Å². The smallest absolute Gasteiger partial charge is 0.339 e. The summed E-state index contributed by atoms with van der Waals surface area (Å²) in [5.74, 6) is -10.6. The van der Waals surface area contributed by atoms with Crippen LogP contribution in [0.3, 0.4) is 0 Å². The van der Waals surface area contributed by atoms with E-state index < -0.39 is 88.0 Å². The van der Waals surface area contributed by atoms with Gasteiger partial charge in [0.1, 0.15) is 34.7 Å². The number of aromatic carboxylic acids is 1. The second-order valence-electron chi connectivity index (χ2n) is 9.22. The van der Waals surface area contributed by atoms with Gasteiger partial charge in [-0.05, 0) is 31.3 Å². The number of carboxylic acids is 1. The molecule has 4 rings (SSSR count). The topological polar surface area (TPSA) is 219 Å². The van der Waals surface area contributed by atoms with Gasteiger partial charge in [0, 0.05) is 23.8 Å². The first kappa shape index (κ1) is 24.4. The molecule has 1 aromatic rings. The molecule has 35 heavy (non-hydrogen) atoms. The van der Waals surface area contributed by atoms with E-state index in [9.17, 15) is 49.8 Å². The van der Waals surface area contributed by atoms with E-state index in [1.54, 1.807) is 0 Å². The number of benzene rings is 1. The molecule has 186 valence electrons. The van der Waals surface area contributed by atoms with E-state index in [0.717, 1.165) is 6.07 Å². The number of aromatic hydroxyl groups is 1. The highest BCUT2D eigenvalue weighted by Gasteiger charge is 2.65. The highest BCUT2D eigenvalue weighted by molar-refractivity contribution is 6.22. The van der Waals surface area contributed by atoms with Gasteiger partial charge in [0.15, 0.2) is 11.4 Å². The number of aliphatic hydroxyl groups excluding tert-OH is 3. The number of hydrogen-bond donors (Lipinski definition) is 7. The largest absolute Gasteiger partial charge is 0.509 e. The maximum absolute atomic E-state index is 13.1. The van der Waals surface area contributed by atoms with Crippen LogP contribution in [0.2, 0.25) is 0 Å².